The van der Waals surface area contributed by atoms with Gasteiger partial charge < -0.3 is 4.90 Å². The van der Waals surface area contributed by atoms with Gasteiger partial charge in [0, 0.05) is 23.5 Å². The molecule has 1 heterocycles. The van der Waals surface area contributed by atoms with E-state index >= 15 is 0 Å². The number of thiophene rings is 1. The van der Waals surface area contributed by atoms with Crippen LogP contribution in [0, 0.1) is 6.92 Å². The van der Waals surface area contributed by atoms with E-state index in [9.17, 15) is 4.79 Å². The van der Waals surface area contributed by atoms with Crippen molar-refractivity contribution in [2.24, 2.45) is 0 Å². The van der Waals surface area contributed by atoms with Crippen LogP contribution in [0.15, 0.2) is 36.4 Å². The fourth-order valence-corrected chi connectivity index (χ4v) is 2.66. The van der Waals surface area contributed by atoms with Crippen molar-refractivity contribution in [2.45, 2.75) is 13.5 Å². The number of hydrogen-bond donors (Lipinski definition) is 0. The Morgan fingerprint density at radius 1 is 1.22 bits per heavy atom. The maximum absolute atomic E-state index is 12.1. The Bertz CT molecular complexity index is 547. The monoisotopic (exact) mass is 279 g/mol. The van der Waals surface area contributed by atoms with E-state index in [4.69, 9.17) is 11.6 Å². The molecule has 18 heavy (non-hydrogen) atoms. The van der Waals surface area contributed by atoms with Gasteiger partial charge in [0.25, 0.3) is 5.91 Å². The van der Waals surface area contributed by atoms with Crippen LogP contribution in [0.3, 0.4) is 0 Å². The van der Waals surface area contributed by atoms with Crippen LogP contribution >= 0.6 is 22.9 Å². The molecule has 2 aromatic rings. The number of nitrogens with zero attached hydrogens (tertiary/aromatic N) is 1. The van der Waals surface area contributed by atoms with Crippen molar-refractivity contribution in [3.8, 4) is 0 Å². The number of amides is 1. The third-order valence-electron chi connectivity index (χ3n) is 2.63. The summed E-state index contributed by atoms with van der Waals surface area (Å²) in [5.74, 6) is 0.0584. The molecule has 0 bridgehead atoms. The molecule has 0 saturated heterocycles. The van der Waals surface area contributed by atoms with Gasteiger partial charge in [0.05, 0.1) is 4.88 Å². The molecule has 2 rings (SSSR count). The molecule has 0 aliphatic carbocycles. The second-order valence-electron chi connectivity index (χ2n) is 4.20. The quantitative estimate of drug-likeness (QED) is 0.832. The zero-order valence-corrected chi connectivity index (χ0v) is 11.9. The number of benzene rings is 1. The van der Waals surface area contributed by atoms with Crippen molar-refractivity contribution < 1.29 is 4.79 Å². The predicted octanol–water partition coefficient (Wildman–Crippen LogP) is 3.98. The molecule has 0 spiro atoms. The highest BCUT2D eigenvalue weighted by atomic mass is 35.5. The minimum Gasteiger partial charge on any atom is -0.337 e. The van der Waals surface area contributed by atoms with Crippen molar-refractivity contribution in [3.63, 3.8) is 0 Å². The number of carbonyl (C=O) groups excluding carboxylic acids is 1. The van der Waals surface area contributed by atoms with Crippen molar-refractivity contribution in [1.82, 2.24) is 4.90 Å². The number of halogens is 1. The summed E-state index contributed by atoms with van der Waals surface area (Å²) < 4.78 is 0. The molecule has 1 amide bonds. The first-order valence-electron chi connectivity index (χ1n) is 5.62. The Labute approximate surface area is 116 Å². The Kier molecular flexibility index (Phi) is 4.04. The SMILES string of the molecule is Cc1ccc(C(=O)N(C)Cc2ccc(Cl)cc2)s1. The minimum atomic E-state index is 0.0584. The highest BCUT2D eigenvalue weighted by Crippen LogP contribution is 2.18. The number of hydrogen-bond acceptors (Lipinski definition) is 2. The van der Waals surface area contributed by atoms with Crippen molar-refractivity contribution in [3.05, 3.63) is 56.7 Å². The average Bonchev–Trinajstić information content (AvgIpc) is 2.78. The summed E-state index contributed by atoms with van der Waals surface area (Å²) >= 11 is 7.36. The summed E-state index contributed by atoms with van der Waals surface area (Å²) in [7, 11) is 1.81. The zero-order chi connectivity index (χ0) is 13.1. The summed E-state index contributed by atoms with van der Waals surface area (Å²) in [6.07, 6.45) is 0. The molecule has 1 aromatic carbocycles. The molecular formula is C14H14ClNOS. The van der Waals surface area contributed by atoms with Gasteiger partial charge in [-0.05, 0) is 36.8 Å². The lowest BCUT2D eigenvalue weighted by molar-refractivity contribution is 0.0790. The molecule has 4 heteroatoms. The van der Waals surface area contributed by atoms with E-state index in [1.165, 1.54) is 11.3 Å². The van der Waals surface area contributed by atoms with E-state index in [1.54, 1.807) is 4.90 Å². The average molecular weight is 280 g/mol. The van der Waals surface area contributed by atoms with Gasteiger partial charge in [-0.3, -0.25) is 4.79 Å². The molecule has 1 aromatic heterocycles. The van der Waals surface area contributed by atoms with Gasteiger partial charge in [0.15, 0.2) is 0 Å². The number of aryl methyl sites for hydroxylation is 1. The van der Waals surface area contributed by atoms with Crippen LogP contribution in [0.1, 0.15) is 20.1 Å². The number of carbonyl (C=O) groups is 1. The second kappa shape index (κ2) is 5.55. The molecule has 0 atom stereocenters. The van der Waals surface area contributed by atoms with E-state index in [1.807, 2.05) is 50.4 Å². The second-order valence-corrected chi connectivity index (χ2v) is 5.92. The molecule has 0 fully saturated rings. The third kappa shape index (κ3) is 3.12. The first-order chi connectivity index (χ1) is 8.56. The van der Waals surface area contributed by atoms with Crippen LogP contribution in [-0.4, -0.2) is 17.9 Å². The van der Waals surface area contributed by atoms with E-state index in [0.29, 0.717) is 11.6 Å². The van der Waals surface area contributed by atoms with Gasteiger partial charge in [0.2, 0.25) is 0 Å². The molecule has 0 N–H and O–H groups in total. The summed E-state index contributed by atoms with van der Waals surface area (Å²) in [6.45, 7) is 2.59. The van der Waals surface area contributed by atoms with E-state index < -0.39 is 0 Å². The van der Waals surface area contributed by atoms with Crippen molar-refractivity contribution >= 4 is 28.8 Å². The number of rotatable bonds is 3. The van der Waals surface area contributed by atoms with Gasteiger partial charge >= 0.3 is 0 Å². The van der Waals surface area contributed by atoms with Crippen LogP contribution < -0.4 is 0 Å². The lowest BCUT2D eigenvalue weighted by atomic mass is 10.2. The molecule has 0 aliphatic heterocycles. The molecule has 0 unspecified atom stereocenters. The molecule has 0 saturated carbocycles. The summed E-state index contributed by atoms with van der Waals surface area (Å²) in [4.78, 5) is 15.8. The van der Waals surface area contributed by atoms with Gasteiger partial charge in [0.1, 0.15) is 0 Å². The van der Waals surface area contributed by atoms with Crippen LogP contribution in [0.4, 0.5) is 0 Å². The molecule has 94 valence electrons. The fourth-order valence-electron chi connectivity index (χ4n) is 1.67. The minimum absolute atomic E-state index is 0.0584. The van der Waals surface area contributed by atoms with Crippen molar-refractivity contribution in [2.75, 3.05) is 7.05 Å². The maximum Gasteiger partial charge on any atom is 0.263 e. The highest BCUT2D eigenvalue weighted by Gasteiger charge is 2.13. The van der Waals surface area contributed by atoms with Crippen molar-refractivity contribution in [1.29, 1.82) is 0 Å². The first-order valence-corrected chi connectivity index (χ1v) is 6.82. The highest BCUT2D eigenvalue weighted by molar-refractivity contribution is 7.13. The van der Waals surface area contributed by atoms with Crippen LogP contribution in [-0.2, 0) is 6.54 Å². The standard InChI is InChI=1S/C14H14ClNOS/c1-10-3-8-13(18-10)14(17)16(2)9-11-4-6-12(15)7-5-11/h3-8H,9H2,1-2H3. The van der Waals surface area contributed by atoms with Crippen LogP contribution in [0.25, 0.3) is 0 Å². The van der Waals surface area contributed by atoms with E-state index in [0.717, 1.165) is 15.3 Å². The van der Waals surface area contributed by atoms with Gasteiger partial charge in [-0.1, -0.05) is 23.7 Å². The lowest BCUT2D eigenvalue weighted by Crippen LogP contribution is -2.25. The summed E-state index contributed by atoms with van der Waals surface area (Å²) in [5.41, 5.74) is 1.07. The Hall–Kier alpha value is -1.32. The van der Waals surface area contributed by atoms with Gasteiger partial charge in [-0.2, -0.15) is 0 Å². The third-order valence-corrected chi connectivity index (χ3v) is 3.87. The topological polar surface area (TPSA) is 20.3 Å². The normalized spacial score (nSPS) is 10.4. The van der Waals surface area contributed by atoms with Crippen LogP contribution in [0.5, 0.6) is 0 Å². The zero-order valence-electron chi connectivity index (χ0n) is 10.3. The smallest absolute Gasteiger partial charge is 0.263 e. The Morgan fingerprint density at radius 2 is 1.89 bits per heavy atom. The molecular weight excluding hydrogens is 266 g/mol. The fraction of sp³-hybridized carbons (Fsp3) is 0.214. The van der Waals surface area contributed by atoms with E-state index in [2.05, 4.69) is 0 Å². The van der Waals surface area contributed by atoms with E-state index in [-0.39, 0.29) is 5.91 Å². The van der Waals surface area contributed by atoms with Gasteiger partial charge in [-0.25, -0.2) is 0 Å². The molecule has 0 radical (unpaired) electrons. The largest absolute Gasteiger partial charge is 0.337 e. The lowest BCUT2D eigenvalue weighted by Gasteiger charge is -2.16. The maximum atomic E-state index is 12.1. The van der Waals surface area contributed by atoms with Crippen LogP contribution in [0.2, 0.25) is 5.02 Å². The summed E-state index contributed by atoms with van der Waals surface area (Å²) in [5, 5.41) is 0.710. The molecule has 0 aliphatic rings. The predicted molar refractivity (Wildman–Crippen MR) is 76.3 cm³/mol. The summed E-state index contributed by atoms with van der Waals surface area (Å²) in [6, 6.07) is 11.4. The Balaban J connectivity index is 2.05. The Morgan fingerprint density at radius 3 is 2.44 bits per heavy atom. The molecule has 2 nitrogen and oxygen atoms in total. The first kappa shape index (κ1) is 13.1. The van der Waals surface area contributed by atoms with Gasteiger partial charge in [-0.15, -0.1) is 11.3 Å².